The van der Waals surface area contributed by atoms with Crippen LogP contribution < -0.4 is 10.1 Å². The molecule has 3 rings (SSSR count). The van der Waals surface area contributed by atoms with Crippen molar-refractivity contribution < 1.29 is 17.9 Å². The zero-order valence-electron chi connectivity index (χ0n) is 17.8. The van der Waals surface area contributed by atoms with Gasteiger partial charge in [-0.2, -0.15) is 4.31 Å². The van der Waals surface area contributed by atoms with Gasteiger partial charge in [-0.3, -0.25) is 4.79 Å². The van der Waals surface area contributed by atoms with Crippen molar-refractivity contribution in [1.82, 2.24) is 4.31 Å². The van der Waals surface area contributed by atoms with Crippen molar-refractivity contribution >= 4 is 21.6 Å². The number of benzene rings is 2. The molecule has 7 heteroatoms. The van der Waals surface area contributed by atoms with Crippen LogP contribution in [0.15, 0.2) is 53.4 Å². The van der Waals surface area contributed by atoms with Crippen LogP contribution >= 0.6 is 0 Å². The molecule has 1 aliphatic rings. The predicted molar refractivity (Wildman–Crippen MR) is 118 cm³/mol. The maximum absolute atomic E-state index is 12.8. The lowest BCUT2D eigenvalue weighted by Gasteiger charge is -2.29. The molecule has 0 atom stereocenters. The monoisotopic (exact) mass is 430 g/mol. The molecule has 0 bridgehead atoms. The van der Waals surface area contributed by atoms with Crippen LogP contribution in [-0.2, 0) is 14.8 Å². The quantitative estimate of drug-likeness (QED) is 0.713. The van der Waals surface area contributed by atoms with E-state index in [9.17, 15) is 13.2 Å². The Hall–Kier alpha value is -2.38. The Kier molecular flexibility index (Phi) is 7.15. The Labute approximate surface area is 179 Å². The highest BCUT2D eigenvalue weighted by molar-refractivity contribution is 7.89. The highest BCUT2D eigenvalue weighted by atomic mass is 32.2. The highest BCUT2D eigenvalue weighted by Gasteiger charge is 2.27. The van der Waals surface area contributed by atoms with E-state index in [1.54, 1.807) is 16.4 Å². The van der Waals surface area contributed by atoms with Crippen LogP contribution in [0.3, 0.4) is 0 Å². The normalized spacial score (nSPS) is 15.9. The lowest BCUT2D eigenvalue weighted by molar-refractivity contribution is -0.118. The van der Waals surface area contributed by atoms with Crippen LogP contribution in [0.1, 0.15) is 45.1 Å². The third-order valence-electron chi connectivity index (χ3n) is 5.42. The highest BCUT2D eigenvalue weighted by Crippen LogP contribution is 2.26. The molecule has 1 saturated heterocycles. The molecule has 2 aromatic rings. The van der Waals surface area contributed by atoms with Crippen molar-refractivity contribution in [3.63, 3.8) is 0 Å². The van der Waals surface area contributed by atoms with E-state index in [4.69, 9.17) is 4.74 Å². The molecule has 162 valence electrons. The summed E-state index contributed by atoms with van der Waals surface area (Å²) in [5.74, 6) is 1.25. The van der Waals surface area contributed by atoms with Crippen molar-refractivity contribution in [3.05, 3.63) is 54.1 Å². The summed E-state index contributed by atoms with van der Waals surface area (Å²) in [5.41, 5.74) is 1.58. The molecule has 1 aliphatic heterocycles. The second-order valence-electron chi connectivity index (χ2n) is 8.14. The SMILES string of the molecule is CC1CCN(S(=O)(=O)c2ccc(NC(=O)COc3ccccc3C(C)C)cc2)CC1. The van der Waals surface area contributed by atoms with Crippen LogP contribution in [-0.4, -0.2) is 38.3 Å². The largest absolute Gasteiger partial charge is 0.483 e. The number of nitrogens with zero attached hydrogens (tertiary/aromatic N) is 1. The number of ether oxygens (including phenoxy) is 1. The van der Waals surface area contributed by atoms with E-state index in [1.165, 1.54) is 12.1 Å². The molecule has 1 fully saturated rings. The van der Waals surface area contributed by atoms with Crippen molar-refractivity contribution in [2.45, 2.75) is 44.4 Å². The first-order valence-corrected chi connectivity index (χ1v) is 11.8. The molecule has 6 nitrogen and oxygen atoms in total. The number of amides is 1. The number of sulfonamides is 1. The molecule has 0 aliphatic carbocycles. The van der Waals surface area contributed by atoms with Crippen molar-refractivity contribution in [1.29, 1.82) is 0 Å². The number of hydrogen-bond donors (Lipinski definition) is 1. The Balaban J connectivity index is 1.58. The van der Waals surface area contributed by atoms with Gasteiger partial charge in [0.2, 0.25) is 10.0 Å². The first-order chi connectivity index (χ1) is 14.3. The van der Waals surface area contributed by atoms with Gasteiger partial charge in [-0.1, -0.05) is 39.0 Å². The molecule has 30 heavy (non-hydrogen) atoms. The van der Waals surface area contributed by atoms with E-state index in [-0.39, 0.29) is 17.4 Å². The number of nitrogens with one attached hydrogen (secondary N) is 1. The maximum Gasteiger partial charge on any atom is 0.262 e. The summed E-state index contributed by atoms with van der Waals surface area (Å²) in [6.45, 7) is 7.28. The van der Waals surface area contributed by atoms with E-state index in [1.807, 2.05) is 24.3 Å². The van der Waals surface area contributed by atoms with Crippen LogP contribution in [0.5, 0.6) is 5.75 Å². The minimum Gasteiger partial charge on any atom is -0.483 e. The summed E-state index contributed by atoms with van der Waals surface area (Å²) in [6, 6.07) is 14.0. The second kappa shape index (κ2) is 9.62. The Morgan fingerprint density at radius 1 is 1.10 bits per heavy atom. The molecular formula is C23H30N2O4S. The molecule has 2 aromatic carbocycles. The molecule has 1 heterocycles. The third-order valence-corrected chi connectivity index (χ3v) is 7.33. The summed E-state index contributed by atoms with van der Waals surface area (Å²) in [5, 5.41) is 2.75. The lowest BCUT2D eigenvalue weighted by atomic mass is 10.0. The second-order valence-corrected chi connectivity index (χ2v) is 10.1. The van der Waals surface area contributed by atoms with Crippen LogP contribution in [0.2, 0.25) is 0 Å². The van der Waals surface area contributed by atoms with Gasteiger partial charge in [0.25, 0.3) is 5.91 Å². The zero-order valence-corrected chi connectivity index (χ0v) is 18.6. The average molecular weight is 431 g/mol. The summed E-state index contributed by atoms with van der Waals surface area (Å²) in [6.07, 6.45) is 1.76. The van der Waals surface area contributed by atoms with Gasteiger partial charge in [-0.25, -0.2) is 8.42 Å². The first kappa shape index (κ1) is 22.3. The molecule has 0 radical (unpaired) electrons. The standard InChI is InChI=1S/C23H30N2O4S/c1-17(2)21-6-4-5-7-22(21)29-16-23(26)24-19-8-10-20(11-9-19)30(27,28)25-14-12-18(3)13-15-25/h4-11,17-18H,12-16H2,1-3H3,(H,24,26). The van der Waals surface area contributed by atoms with Crippen LogP contribution in [0, 0.1) is 5.92 Å². The lowest BCUT2D eigenvalue weighted by Crippen LogP contribution is -2.37. The Morgan fingerprint density at radius 2 is 1.73 bits per heavy atom. The zero-order chi connectivity index (χ0) is 21.7. The van der Waals surface area contributed by atoms with Gasteiger partial charge < -0.3 is 10.1 Å². The van der Waals surface area contributed by atoms with Crippen molar-refractivity contribution in [3.8, 4) is 5.75 Å². The smallest absolute Gasteiger partial charge is 0.262 e. The fourth-order valence-electron chi connectivity index (χ4n) is 3.51. The summed E-state index contributed by atoms with van der Waals surface area (Å²) in [4.78, 5) is 12.5. The van der Waals surface area contributed by atoms with Gasteiger partial charge in [0.15, 0.2) is 6.61 Å². The molecule has 0 aromatic heterocycles. The number of anilines is 1. The van der Waals surface area contributed by atoms with E-state index in [0.29, 0.717) is 36.4 Å². The fourth-order valence-corrected chi connectivity index (χ4v) is 4.98. The molecule has 0 unspecified atom stereocenters. The minimum absolute atomic E-state index is 0.115. The van der Waals surface area contributed by atoms with Crippen LogP contribution in [0.4, 0.5) is 5.69 Å². The van der Waals surface area contributed by atoms with Gasteiger partial charge in [0.1, 0.15) is 5.75 Å². The van der Waals surface area contributed by atoms with E-state index in [2.05, 4.69) is 26.1 Å². The van der Waals surface area contributed by atoms with Gasteiger partial charge in [-0.05, 0) is 60.6 Å². The Bertz CT molecular complexity index is 963. The summed E-state index contributed by atoms with van der Waals surface area (Å²) < 4.78 is 32.8. The number of para-hydroxylation sites is 1. The van der Waals surface area contributed by atoms with Gasteiger partial charge in [0.05, 0.1) is 4.90 Å². The molecular weight excluding hydrogens is 400 g/mol. The maximum atomic E-state index is 12.8. The first-order valence-electron chi connectivity index (χ1n) is 10.4. The van der Waals surface area contributed by atoms with E-state index in [0.717, 1.165) is 18.4 Å². The molecule has 1 N–H and O–H groups in total. The number of carbonyl (C=O) groups is 1. The minimum atomic E-state index is -3.49. The van der Waals surface area contributed by atoms with Gasteiger partial charge in [-0.15, -0.1) is 0 Å². The van der Waals surface area contributed by atoms with Gasteiger partial charge in [0, 0.05) is 18.8 Å². The number of carbonyl (C=O) groups excluding carboxylic acids is 1. The predicted octanol–water partition coefficient (Wildman–Crippen LogP) is 4.25. The summed E-state index contributed by atoms with van der Waals surface area (Å²) >= 11 is 0. The van der Waals surface area contributed by atoms with E-state index < -0.39 is 10.0 Å². The number of hydrogen-bond acceptors (Lipinski definition) is 4. The van der Waals surface area contributed by atoms with Crippen LogP contribution in [0.25, 0.3) is 0 Å². The topological polar surface area (TPSA) is 75.7 Å². The third kappa shape index (κ3) is 5.40. The fraction of sp³-hybridized carbons (Fsp3) is 0.435. The van der Waals surface area contributed by atoms with E-state index >= 15 is 0 Å². The molecule has 0 saturated carbocycles. The van der Waals surface area contributed by atoms with Crippen molar-refractivity contribution in [2.75, 3.05) is 25.0 Å². The Morgan fingerprint density at radius 3 is 2.37 bits per heavy atom. The number of piperidine rings is 1. The molecule has 0 spiro atoms. The van der Waals surface area contributed by atoms with Gasteiger partial charge >= 0.3 is 0 Å². The average Bonchev–Trinajstić information content (AvgIpc) is 2.73. The van der Waals surface area contributed by atoms with Crippen molar-refractivity contribution in [2.24, 2.45) is 5.92 Å². The summed E-state index contributed by atoms with van der Waals surface area (Å²) in [7, 11) is -3.49. The molecule has 1 amide bonds. The number of rotatable bonds is 7.